The number of anilines is 1. The highest BCUT2D eigenvalue weighted by Crippen LogP contribution is 2.21. The van der Waals surface area contributed by atoms with E-state index in [0.29, 0.717) is 10.6 Å². The summed E-state index contributed by atoms with van der Waals surface area (Å²) in [5.41, 5.74) is 2.64. The van der Waals surface area contributed by atoms with Crippen LogP contribution in [0.4, 0.5) is 5.69 Å². The predicted molar refractivity (Wildman–Crippen MR) is 66.7 cm³/mol. The maximum Gasteiger partial charge on any atom is 0.254 e. The molecule has 15 heavy (non-hydrogen) atoms. The fourth-order valence-corrected chi connectivity index (χ4v) is 1.48. The van der Waals surface area contributed by atoms with E-state index in [1.165, 1.54) is 10.4 Å². The summed E-state index contributed by atoms with van der Waals surface area (Å²) in [4.78, 5) is 13.1. The summed E-state index contributed by atoms with van der Waals surface area (Å²) < 4.78 is 0. The van der Waals surface area contributed by atoms with Gasteiger partial charge in [-0.3, -0.25) is 4.79 Å². The number of halogens is 1. The zero-order chi connectivity index (χ0) is 11.4. The van der Waals surface area contributed by atoms with Crippen LogP contribution in [0, 0.1) is 0 Å². The van der Waals surface area contributed by atoms with E-state index >= 15 is 0 Å². The number of carbonyl (C=O) groups excluding carboxylic acids is 1. The van der Waals surface area contributed by atoms with E-state index in [0.717, 1.165) is 5.69 Å². The van der Waals surface area contributed by atoms with Gasteiger partial charge in [-0.25, -0.2) is 0 Å². The molecule has 0 aliphatic heterocycles. The summed E-state index contributed by atoms with van der Waals surface area (Å²) in [6.45, 7) is 0. The molecule has 0 saturated carbocycles. The average molecular weight is 243 g/mol. The van der Waals surface area contributed by atoms with Crippen molar-refractivity contribution in [2.75, 3.05) is 19.4 Å². The Morgan fingerprint density at radius 1 is 1.53 bits per heavy atom. The molecule has 1 rings (SSSR count). The highest BCUT2D eigenvalue weighted by Gasteiger charge is 2.12. The molecule has 0 unspecified atom stereocenters. The Kier molecular flexibility index (Phi) is 4.05. The molecule has 0 fully saturated rings. The Morgan fingerprint density at radius 2 is 2.20 bits per heavy atom. The molecular formula is C10H11ClN2OS. The highest BCUT2D eigenvalue weighted by molar-refractivity contribution is 7.79. The van der Waals surface area contributed by atoms with Gasteiger partial charge in [0.1, 0.15) is 0 Å². The van der Waals surface area contributed by atoms with E-state index in [1.54, 1.807) is 32.3 Å². The van der Waals surface area contributed by atoms with Crippen molar-refractivity contribution < 1.29 is 4.79 Å². The van der Waals surface area contributed by atoms with Crippen molar-refractivity contribution in [3.8, 4) is 0 Å². The van der Waals surface area contributed by atoms with Crippen molar-refractivity contribution in [3.05, 3.63) is 28.8 Å². The number of thiocarbonyl (C=S) groups is 1. The first-order valence-electron chi connectivity index (χ1n) is 4.27. The van der Waals surface area contributed by atoms with Crippen molar-refractivity contribution >= 4 is 40.9 Å². The molecule has 0 atom stereocenters. The maximum absolute atomic E-state index is 11.6. The fraction of sp³-hybridized carbons (Fsp3) is 0.200. The van der Waals surface area contributed by atoms with Crippen LogP contribution < -0.4 is 5.32 Å². The molecule has 0 aromatic heterocycles. The van der Waals surface area contributed by atoms with Gasteiger partial charge in [-0.15, -0.1) is 0 Å². The number of hydrogen-bond donors (Lipinski definition) is 1. The van der Waals surface area contributed by atoms with E-state index in [4.69, 9.17) is 11.6 Å². The second-order valence-electron chi connectivity index (χ2n) is 3.16. The van der Waals surface area contributed by atoms with Crippen molar-refractivity contribution in [1.82, 2.24) is 4.90 Å². The first-order chi connectivity index (χ1) is 7.06. The van der Waals surface area contributed by atoms with Gasteiger partial charge in [0.2, 0.25) is 0 Å². The number of carbonyl (C=O) groups is 1. The van der Waals surface area contributed by atoms with E-state index in [9.17, 15) is 4.79 Å². The summed E-state index contributed by atoms with van der Waals surface area (Å²) in [6.07, 6.45) is 0. The Hall–Kier alpha value is -1.13. The number of rotatable bonds is 3. The molecule has 0 aliphatic carbocycles. The van der Waals surface area contributed by atoms with Crippen molar-refractivity contribution in [2.45, 2.75) is 0 Å². The summed E-state index contributed by atoms with van der Waals surface area (Å²) in [5, 5.41) is 3.24. The van der Waals surface area contributed by atoms with E-state index in [1.807, 2.05) is 0 Å². The van der Waals surface area contributed by atoms with E-state index in [-0.39, 0.29) is 5.91 Å². The van der Waals surface area contributed by atoms with Crippen molar-refractivity contribution in [2.24, 2.45) is 0 Å². The first-order valence-corrected chi connectivity index (χ1v) is 5.12. The van der Waals surface area contributed by atoms with E-state index in [2.05, 4.69) is 17.5 Å². The maximum atomic E-state index is 11.6. The quantitative estimate of drug-likeness (QED) is 0.827. The molecular weight excluding hydrogens is 232 g/mol. The summed E-state index contributed by atoms with van der Waals surface area (Å²) in [5.74, 6) is -0.117. The van der Waals surface area contributed by atoms with Gasteiger partial charge in [0.25, 0.3) is 5.91 Å². The highest BCUT2D eigenvalue weighted by atomic mass is 35.5. The van der Waals surface area contributed by atoms with Gasteiger partial charge < -0.3 is 10.2 Å². The van der Waals surface area contributed by atoms with Crippen LogP contribution in [0.1, 0.15) is 10.4 Å². The van der Waals surface area contributed by atoms with Crippen LogP contribution in [0.5, 0.6) is 0 Å². The molecule has 3 nitrogen and oxygen atoms in total. The molecule has 1 aromatic carbocycles. The standard InChI is InChI=1S/C10H11ClN2OS/c1-13(2)10(14)8-4-3-7(12-6-15)5-9(8)11/h3-6H,1-2H3,(H,12,15). The van der Waals surface area contributed by atoms with Crippen LogP contribution in [0.3, 0.4) is 0 Å². The lowest BCUT2D eigenvalue weighted by molar-refractivity contribution is 0.0828. The minimum Gasteiger partial charge on any atom is -0.353 e. The Morgan fingerprint density at radius 3 is 2.67 bits per heavy atom. The van der Waals surface area contributed by atoms with Crippen LogP contribution in [0.25, 0.3) is 0 Å². The number of nitrogens with zero attached hydrogens (tertiary/aromatic N) is 1. The van der Waals surface area contributed by atoms with Gasteiger partial charge in [0.05, 0.1) is 16.1 Å². The van der Waals surface area contributed by atoms with Crippen LogP contribution in [0.2, 0.25) is 5.02 Å². The van der Waals surface area contributed by atoms with Crippen LogP contribution >= 0.6 is 23.8 Å². The normalized spacial score (nSPS) is 9.53. The number of nitrogens with one attached hydrogen (secondary N) is 1. The lowest BCUT2D eigenvalue weighted by atomic mass is 10.2. The van der Waals surface area contributed by atoms with Gasteiger partial charge in [0, 0.05) is 19.8 Å². The topological polar surface area (TPSA) is 32.3 Å². The average Bonchev–Trinajstić information content (AvgIpc) is 2.17. The second kappa shape index (κ2) is 5.09. The van der Waals surface area contributed by atoms with Gasteiger partial charge in [-0.2, -0.15) is 0 Å². The van der Waals surface area contributed by atoms with Gasteiger partial charge >= 0.3 is 0 Å². The first kappa shape index (κ1) is 11.9. The molecule has 1 amide bonds. The monoisotopic (exact) mass is 242 g/mol. The largest absolute Gasteiger partial charge is 0.353 e. The third-order valence-electron chi connectivity index (χ3n) is 1.83. The van der Waals surface area contributed by atoms with Crippen molar-refractivity contribution in [3.63, 3.8) is 0 Å². The summed E-state index contributed by atoms with van der Waals surface area (Å²) >= 11 is 10.6. The molecule has 0 heterocycles. The third kappa shape index (κ3) is 2.91. The predicted octanol–water partition coefficient (Wildman–Crippen LogP) is 2.41. The van der Waals surface area contributed by atoms with E-state index < -0.39 is 0 Å². The van der Waals surface area contributed by atoms with Crippen molar-refractivity contribution in [1.29, 1.82) is 0 Å². The third-order valence-corrected chi connectivity index (χ3v) is 2.26. The van der Waals surface area contributed by atoms with Gasteiger partial charge in [0.15, 0.2) is 0 Å². The lowest BCUT2D eigenvalue weighted by Crippen LogP contribution is -2.21. The van der Waals surface area contributed by atoms with Crippen LogP contribution in [-0.2, 0) is 0 Å². The molecule has 0 spiro atoms. The zero-order valence-electron chi connectivity index (χ0n) is 8.45. The molecule has 5 heteroatoms. The fourth-order valence-electron chi connectivity index (χ4n) is 1.09. The molecule has 80 valence electrons. The number of hydrogen-bond acceptors (Lipinski definition) is 2. The molecule has 0 radical (unpaired) electrons. The minimum absolute atomic E-state index is 0.117. The number of benzene rings is 1. The minimum atomic E-state index is -0.117. The summed E-state index contributed by atoms with van der Waals surface area (Å²) in [6, 6.07) is 5.10. The molecule has 0 aliphatic rings. The smallest absolute Gasteiger partial charge is 0.254 e. The Bertz CT molecular complexity index is 393. The molecule has 0 saturated heterocycles. The lowest BCUT2D eigenvalue weighted by Gasteiger charge is -2.12. The molecule has 1 aromatic rings. The van der Waals surface area contributed by atoms with Gasteiger partial charge in [-0.05, 0) is 18.2 Å². The molecule has 0 bridgehead atoms. The summed E-state index contributed by atoms with van der Waals surface area (Å²) in [7, 11) is 3.36. The van der Waals surface area contributed by atoms with Crippen LogP contribution in [-0.4, -0.2) is 30.4 Å². The Balaban J connectivity index is 3.02. The second-order valence-corrected chi connectivity index (χ2v) is 3.80. The van der Waals surface area contributed by atoms with Gasteiger partial charge in [-0.1, -0.05) is 23.8 Å². The SMILES string of the molecule is CN(C)C(=O)c1ccc(NC=S)cc1Cl. The Labute approximate surface area is 99.0 Å². The van der Waals surface area contributed by atoms with Crippen LogP contribution in [0.15, 0.2) is 18.2 Å². The zero-order valence-corrected chi connectivity index (χ0v) is 10.0. The molecule has 1 N–H and O–H groups in total. The number of amides is 1.